The van der Waals surface area contributed by atoms with Crippen molar-refractivity contribution in [3.8, 4) is 6.07 Å². The lowest BCUT2D eigenvalue weighted by Crippen LogP contribution is -2.48. The molecule has 2 saturated heterocycles. The molecule has 2 aliphatic rings. The fourth-order valence-electron chi connectivity index (χ4n) is 5.11. The van der Waals surface area contributed by atoms with Crippen LogP contribution in [0.4, 0.5) is 5.69 Å². The Balaban J connectivity index is 1.22. The molecule has 0 bridgehead atoms. The topological polar surface area (TPSA) is 62.6 Å². The van der Waals surface area contributed by atoms with Crippen molar-refractivity contribution < 1.29 is 4.79 Å². The van der Waals surface area contributed by atoms with Crippen LogP contribution < -0.4 is 10.2 Å². The van der Waals surface area contributed by atoms with E-state index in [4.69, 9.17) is 5.26 Å². The number of hydrogen-bond acceptors (Lipinski definition) is 5. The maximum absolute atomic E-state index is 13.0. The van der Waals surface area contributed by atoms with Crippen LogP contribution in [0.2, 0.25) is 0 Å². The first-order valence-corrected chi connectivity index (χ1v) is 12.5. The predicted molar refractivity (Wildman–Crippen MR) is 136 cm³/mol. The monoisotopic (exact) mass is 459 g/mol. The van der Waals surface area contributed by atoms with E-state index in [-0.39, 0.29) is 5.91 Å². The Labute approximate surface area is 204 Å². The lowest BCUT2D eigenvalue weighted by atomic mass is 9.92. The van der Waals surface area contributed by atoms with Crippen LogP contribution in [0.25, 0.3) is 0 Å². The van der Waals surface area contributed by atoms with E-state index in [1.165, 1.54) is 11.1 Å². The number of piperazine rings is 1. The van der Waals surface area contributed by atoms with E-state index in [0.717, 1.165) is 64.3 Å². The lowest BCUT2D eigenvalue weighted by Gasteiger charge is -2.32. The number of nitrogens with one attached hydrogen (secondary N) is 1. The van der Waals surface area contributed by atoms with E-state index in [1.807, 2.05) is 30.1 Å². The summed E-state index contributed by atoms with van der Waals surface area (Å²) in [5, 5.41) is 12.6. The number of amides is 1. The molecule has 2 aromatic rings. The van der Waals surface area contributed by atoms with Crippen molar-refractivity contribution in [3.05, 3.63) is 65.2 Å². The zero-order valence-electron chi connectivity index (χ0n) is 20.5. The number of carbonyl (C=O) groups is 1. The standard InChI is InChI=1S/C28H37N5O/c1-22-19-33(15-12-30-22)20-24-6-8-27(9-7-24)31(2)28(34)17-23-10-13-32(14-11-23)21-26-5-3-4-25(16-26)18-29/h3-9,16,22-23,30H,10-15,17,19-21H2,1-2H3/t22-/m0/s1. The summed E-state index contributed by atoms with van der Waals surface area (Å²) >= 11 is 0. The summed E-state index contributed by atoms with van der Waals surface area (Å²) in [5.41, 5.74) is 4.17. The van der Waals surface area contributed by atoms with E-state index in [2.05, 4.69) is 58.4 Å². The van der Waals surface area contributed by atoms with Crippen molar-refractivity contribution in [2.75, 3.05) is 44.7 Å². The largest absolute Gasteiger partial charge is 0.315 e. The molecule has 2 aliphatic heterocycles. The number of nitrogens with zero attached hydrogens (tertiary/aromatic N) is 4. The second-order valence-electron chi connectivity index (χ2n) is 9.95. The lowest BCUT2D eigenvalue weighted by molar-refractivity contribution is -0.119. The number of rotatable bonds is 7. The first kappa shape index (κ1) is 24.4. The number of nitriles is 1. The normalized spacial score (nSPS) is 20.1. The van der Waals surface area contributed by atoms with Gasteiger partial charge in [-0.25, -0.2) is 0 Å². The summed E-state index contributed by atoms with van der Waals surface area (Å²) in [4.78, 5) is 19.7. The third kappa shape index (κ3) is 6.66. The maximum atomic E-state index is 13.0. The molecule has 0 spiro atoms. The molecule has 1 atom stereocenters. The minimum Gasteiger partial charge on any atom is -0.315 e. The van der Waals surface area contributed by atoms with E-state index in [1.54, 1.807) is 0 Å². The van der Waals surface area contributed by atoms with E-state index >= 15 is 0 Å². The molecule has 0 saturated carbocycles. The van der Waals surface area contributed by atoms with Crippen molar-refractivity contribution >= 4 is 11.6 Å². The molecule has 0 aromatic heterocycles. The van der Waals surface area contributed by atoms with Gasteiger partial charge in [0.25, 0.3) is 0 Å². The van der Waals surface area contributed by atoms with E-state index in [9.17, 15) is 4.79 Å². The second-order valence-corrected chi connectivity index (χ2v) is 9.95. The minimum absolute atomic E-state index is 0.198. The Kier molecular flexibility index (Phi) is 8.34. The Morgan fingerprint density at radius 3 is 2.50 bits per heavy atom. The third-order valence-corrected chi connectivity index (χ3v) is 7.19. The average molecular weight is 460 g/mol. The summed E-state index contributed by atoms with van der Waals surface area (Å²) in [6.07, 6.45) is 2.69. The molecule has 34 heavy (non-hydrogen) atoms. The molecule has 1 N–H and O–H groups in total. The zero-order chi connectivity index (χ0) is 23.9. The van der Waals surface area contributed by atoms with Gasteiger partial charge in [0.1, 0.15) is 0 Å². The molecule has 0 unspecified atom stereocenters. The second kappa shape index (κ2) is 11.6. The van der Waals surface area contributed by atoms with Crippen LogP contribution in [0.3, 0.4) is 0 Å². The molecule has 2 aromatic carbocycles. The van der Waals surface area contributed by atoms with Crippen LogP contribution in [-0.2, 0) is 17.9 Å². The Hall–Kier alpha value is -2.72. The van der Waals surface area contributed by atoms with Crippen LogP contribution in [-0.4, -0.2) is 61.5 Å². The molecule has 0 radical (unpaired) electrons. The summed E-state index contributed by atoms with van der Waals surface area (Å²) in [6.45, 7) is 9.26. The molecule has 4 rings (SSSR count). The van der Waals surface area contributed by atoms with E-state index < -0.39 is 0 Å². The van der Waals surface area contributed by atoms with Crippen molar-refractivity contribution in [1.82, 2.24) is 15.1 Å². The molecule has 1 amide bonds. The average Bonchev–Trinajstić information content (AvgIpc) is 2.85. The number of piperidine rings is 1. The van der Waals surface area contributed by atoms with Crippen molar-refractivity contribution in [3.63, 3.8) is 0 Å². The Morgan fingerprint density at radius 1 is 1.06 bits per heavy atom. The van der Waals surface area contributed by atoms with Gasteiger partial charge in [0.05, 0.1) is 11.6 Å². The Morgan fingerprint density at radius 2 is 1.79 bits per heavy atom. The molecule has 6 heteroatoms. The van der Waals surface area contributed by atoms with Crippen molar-refractivity contribution in [2.45, 2.75) is 45.3 Å². The van der Waals surface area contributed by atoms with Crippen LogP contribution in [0.5, 0.6) is 0 Å². The quantitative estimate of drug-likeness (QED) is 0.685. The first-order chi connectivity index (χ1) is 16.5. The van der Waals surface area contributed by atoms with Gasteiger partial charge in [-0.1, -0.05) is 24.3 Å². The number of hydrogen-bond donors (Lipinski definition) is 1. The first-order valence-electron chi connectivity index (χ1n) is 12.5. The fraction of sp³-hybridized carbons (Fsp3) is 0.500. The van der Waals surface area contributed by atoms with Crippen LogP contribution in [0.1, 0.15) is 42.9 Å². The van der Waals surface area contributed by atoms with Crippen LogP contribution >= 0.6 is 0 Å². The molecule has 6 nitrogen and oxygen atoms in total. The third-order valence-electron chi connectivity index (χ3n) is 7.19. The summed E-state index contributed by atoms with van der Waals surface area (Å²) in [6, 6.07) is 19.1. The summed E-state index contributed by atoms with van der Waals surface area (Å²) in [7, 11) is 1.90. The molecular formula is C28H37N5O. The zero-order valence-corrected chi connectivity index (χ0v) is 20.5. The van der Waals surface area contributed by atoms with Crippen molar-refractivity contribution in [2.24, 2.45) is 5.92 Å². The van der Waals surface area contributed by atoms with E-state index in [0.29, 0.717) is 23.9 Å². The van der Waals surface area contributed by atoms with Gasteiger partial charge in [-0.3, -0.25) is 14.6 Å². The summed E-state index contributed by atoms with van der Waals surface area (Å²) in [5.74, 6) is 0.634. The highest BCUT2D eigenvalue weighted by Crippen LogP contribution is 2.24. The van der Waals surface area contributed by atoms with Gasteiger partial charge in [0.2, 0.25) is 5.91 Å². The van der Waals surface area contributed by atoms with Crippen LogP contribution in [0.15, 0.2) is 48.5 Å². The number of carbonyl (C=O) groups excluding carboxylic acids is 1. The molecule has 0 aliphatic carbocycles. The highest BCUT2D eigenvalue weighted by atomic mass is 16.2. The molecular weight excluding hydrogens is 422 g/mol. The fourth-order valence-corrected chi connectivity index (χ4v) is 5.11. The predicted octanol–water partition coefficient (Wildman–Crippen LogP) is 3.62. The highest BCUT2D eigenvalue weighted by molar-refractivity contribution is 5.92. The van der Waals surface area contributed by atoms with Gasteiger partial charge >= 0.3 is 0 Å². The van der Waals surface area contributed by atoms with Gasteiger partial charge in [-0.15, -0.1) is 0 Å². The number of benzene rings is 2. The summed E-state index contributed by atoms with van der Waals surface area (Å²) < 4.78 is 0. The van der Waals surface area contributed by atoms with Crippen molar-refractivity contribution in [1.29, 1.82) is 5.26 Å². The molecule has 2 fully saturated rings. The van der Waals surface area contributed by atoms with Gasteiger partial charge in [0, 0.05) is 57.9 Å². The minimum atomic E-state index is 0.198. The van der Waals surface area contributed by atoms with Gasteiger partial charge in [-0.05, 0) is 74.2 Å². The number of anilines is 1. The highest BCUT2D eigenvalue weighted by Gasteiger charge is 2.23. The smallest absolute Gasteiger partial charge is 0.226 e. The molecule has 2 heterocycles. The maximum Gasteiger partial charge on any atom is 0.226 e. The molecule has 180 valence electrons. The number of likely N-dealkylation sites (tertiary alicyclic amines) is 1. The van der Waals surface area contributed by atoms with Crippen LogP contribution in [0, 0.1) is 17.2 Å². The Bertz CT molecular complexity index is 991. The van der Waals surface area contributed by atoms with Gasteiger partial charge < -0.3 is 10.2 Å². The SMILES string of the molecule is C[C@H]1CN(Cc2ccc(N(C)C(=O)CC3CCN(Cc4cccc(C#N)c4)CC3)cc2)CCN1. The van der Waals surface area contributed by atoms with Gasteiger partial charge in [0.15, 0.2) is 0 Å². The van der Waals surface area contributed by atoms with Gasteiger partial charge in [-0.2, -0.15) is 5.26 Å².